The molecule has 0 unspecified atom stereocenters. The van der Waals surface area contributed by atoms with Gasteiger partial charge in [0.25, 0.3) is 0 Å². The van der Waals surface area contributed by atoms with E-state index in [4.69, 9.17) is 0 Å². The van der Waals surface area contributed by atoms with Crippen LogP contribution in [0.3, 0.4) is 0 Å². The molecule has 1 N–H and O–H groups in total. The topological polar surface area (TPSA) is 86.8 Å². The predicted molar refractivity (Wildman–Crippen MR) is 164 cm³/mol. The van der Waals surface area contributed by atoms with Gasteiger partial charge in [-0.15, -0.1) is 0 Å². The number of benzene rings is 3. The summed E-state index contributed by atoms with van der Waals surface area (Å²) in [6, 6.07) is 25.5. The summed E-state index contributed by atoms with van der Waals surface area (Å²) in [4.78, 5) is 29.0. The fourth-order valence-corrected chi connectivity index (χ4v) is 5.90. The number of unbranched alkanes of at least 4 members (excludes halogenated alkanes) is 1. The van der Waals surface area contributed by atoms with Crippen molar-refractivity contribution in [3.05, 3.63) is 101 Å². The molecule has 3 rings (SSSR count). The van der Waals surface area contributed by atoms with Crippen molar-refractivity contribution < 1.29 is 18.0 Å². The summed E-state index contributed by atoms with van der Waals surface area (Å²) in [6.07, 6.45) is 3.74. The number of nitrogens with one attached hydrogen (secondary N) is 1. The second-order valence-corrected chi connectivity index (χ2v) is 12.6. The molecular weight excluding hydrogens is 590 g/mol. The Morgan fingerprint density at radius 3 is 2.17 bits per heavy atom. The van der Waals surface area contributed by atoms with Crippen LogP contribution in [-0.2, 0) is 32.6 Å². The van der Waals surface area contributed by atoms with Gasteiger partial charge < -0.3 is 10.2 Å². The molecule has 0 aromatic heterocycles. The Labute approximate surface area is 246 Å². The van der Waals surface area contributed by atoms with Crippen LogP contribution in [0.25, 0.3) is 0 Å². The third-order valence-corrected chi connectivity index (χ3v) is 8.23. The molecule has 0 aliphatic heterocycles. The second kappa shape index (κ2) is 15.6. The summed E-state index contributed by atoms with van der Waals surface area (Å²) >= 11 is 3.50. The van der Waals surface area contributed by atoms with Gasteiger partial charge in [0.2, 0.25) is 21.8 Å². The first kappa shape index (κ1) is 31.4. The monoisotopic (exact) mass is 627 g/mol. The van der Waals surface area contributed by atoms with Crippen LogP contribution in [0.15, 0.2) is 89.4 Å². The number of carbonyl (C=O) groups is 2. The number of nitrogens with zero attached hydrogens (tertiary/aromatic N) is 2. The molecule has 9 heteroatoms. The maximum atomic E-state index is 13.8. The van der Waals surface area contributed by atoms with Gasteiger partial charge in [0.15, 0.2) is 0 Å². The number of carbonyl (C=O) groups excluding carboxylic acids is 2. The van der Waals surface area contributed by atoms with Gasteiger partial charge in [-0.1, -0.05) is 89.9 Å². The third kappa shape index (κ3) is 9.78. The Bertz CT molecular complexity index is 1340. The van der Waals surface area contributed by atoms with Crippen LogP contribution in [-0.4, -0.2) is 50.5 Å². The molecular formula is C31H38BrN3O4S. The zero-order valence-electron chi connectivity index (χ0n) is 23.1. The molecule has 0 spiro atoms. The highest BCUT2D eigenvalue weighted by Gasteiger charge is 2.30. The number of amides is 2. The SMILES string of the molecule is CCCCNC(=O)[C@@H](Cc1ccccc1)N(Cc1cccc(Br)c1)C(=O)CCCN(c1ccccc1)S(C)(=O)=O. The summed E-state index contributed by atoms with van der Waals surface area (Å²) in [5.41, 5.74) is 2.41. The Kier molecular flexibility index (Phi) is 12.2. The molecule has 2 amide bonds. The summed E-state index contributed by atoms with van der Waals surface area (Å²) < 4.78 is 27.2. The number of sulfonamides is 1. The fourth-order valence-electron chi connectivity index (χ4n) is 4.49. The molecule has 3 aromatic rings. The van der Waals surface area contributed by atoms with Crippen molar-refractivity contribution in [2.75, 3.05) is 23.7 Å². The fraction of sp³-hybridized carbons (Fsp3) is 0.355. The molecule has 40 heavy (non-hydrogen) atoms. The zero-order chi connectivity index (χ0) is 29.0. The van der Waals surface area contributed by atoms with Crippen molar-refractivity contribution >= 4 is 43.5 Å². The molecule has 0 fully saturated rings. The van der Waals surface area contributed by atoms with E-state index in [1.165, 1.54) is 4.31 Å². The number of anilines is 1. The van der Waals surface area contributed by atoms with Crippen molar-refractivity contribution in [2.45, 2.75) is 51.6 Å². The molecule has 7 nitrogen and oxygen atoms in total. The summed E-state index contributed by atoms with van der Waals surface area (Å²) in [6.45, 7) is 3.02. The van der Waals surface area contributed by atoms with E-state index in [9.17, 15) is 18.0 Å². The Balaban J connectivity index is 1.86. The zero-order valence-corrected chi connectivity index (χ0v) is 25.5. The number of hydrogen-bond donors (Lipinski definition) is 1. The average molecular weight is 629 g/mol. The molecule has 0 saturated heterocycles. The maximum Gasteiger partial charge on any atom is 0.243 e. The summed E-state index contributed by atoms with van der Waals surface area (Å²) in [5, 5.41) is 3.02. The first-order chi connectivity index (χ1) is 19.2. The van der Waals surface area contributed by atoms with E-state index in [-0.39, 0.29) is 31.3 Å². The number of rotatable bonds is 15. The minimum atomic E-state index is -3.53. The molecule has 1 atom stereocenters. The van der Waals surface area contributed by atoms with Gasteiger partial charge in [-0.25, -0.2) is 8.42 Å². The van der Waals surface area contributed by atoms with Crippen molar-refractivity contribution in [1.82, 2.24) is 10.2 Å². The van der Waals surface area contributed by atoms with Crippen LogP contribution in [0.5, 0.6) is 0 Å². The molecule has 3 aromatic carbocycles. The van der Waals surface area contributed by atoms with Gasteiger partial charge in [-0.05, 0) is 48.2 Å². The lowest BCUT2D eigenvalue weighted by molar-refractivity contribution is -0.141. The van der Waals surface area contributed by atoms with Crippen molar-refractivity contribution in [3.8, 4) is 0 Å². The lowest BCUT2D eigenvalue weighted by Gasteiger charge is -2.32. The van der Waals surface area contributed by atoms with E-state index < -0.39 is 16.1 Å². The van der Waals surface area contributed by atoms with Crippen molar-refractivity contribution in [2.24, 2.45) is 0 Å². The minimum absolute atomic E-state index is 0.0976. The Hall–Kier alpha value is -3.17. The first-order valence-corrected chi connectivity index (χ1v) is 16.2. The Morgan fingerprint density at radius 2 is 1.55 bits per heavy atom. The normalized spacial score (nSPS) is 12.0. The quantitative estimate of drug-likeness (QED) is 0.224. The van der Waals surface area contributed by atoms with Crippen LogP contribution >= 0.6 is 15.9 Å². The first-order valence-electron chi connectivity index (χ1n) is 13.6. The van der Waals surface area contributed by atoms with Gasteiger partial charge in [0.1, 0.15) is 6.04 Å². The second-order valence-electron chi connectivity index (χ2n) is 9.78. The van der Waals surface area contributed by atoms with Crippen molar-refractivity contribution in [3.63, 3.8) is 0 Å². The van der Waals surface area contributed by atoms with Gasteiger partial charge in [0, 0.05) is 36.9 Å². The highest BCUT2D eigenvalue weighted by molar-refractivity contribution is 9.10. The standard InChI is InChI=1S/C31H38BrN3O4S/c1-3-4-20-33-31(37)29(23-25-13-7-5-8-14-25)34(24-26-15-11-16-27(32)22-26)30(36)19-12-21-35(40(2,38)39)28-17-9-6-10-18-28/h5-11,13-18,22,29H,3-4,12,19-21,23-24H2,1-2H3,(H,33,37)/t29-/m1/s1. The van der Waals surface area contributed by atoms with Crippen LogP contribution in [0.2, 0.25) is 0 Å². The number of para-hydroxylation sites is 1. The van der Waals surface area contributed by atoms with Crippen LogP contribution in [0.4, 0.5) is 5.69 Å². The highest BCUT2D eigenvalue weighted by atomic mass is 79.9. The summed E-state index contributed by atoms with van der Waals surface area (Å²) in [5.74, 6) is -0.393. The molecule has 0 bridgehead atoms. The van der Waals surface area contributed by atoms with Gasteiger partial charge in [0.05, 0.1) is 11.9 Å². The van der Waals surface area contributed by atoms with Crippen LogP contribution in [0, 0.1) is 0 Å². The molecule has 0 radical (unpaired) electrons. The molecule has 0 heterocycles. The molecule has 0 aliphatic carbocycles. The van der Waals surface area contributed by atoms with Crippen LogP contribution in [0.1, 0.15) is 43.7 Å². The van der Waals surface area contributed by atoms with Crippen LogP contribution < -0.4 is 9.62 Å². The van der Waals surface area contributed by atoms with E-state index in [1.807, 2.05) is 60.7 Å². The highest BCUT2D eigenvalue weighted by Crippen LogP contribution is 2.21. The minimum Gasteiger partial charge on any atom is -0.354 e. The predicted octanol–water partition coefficient (Wildman–Crippen LogP) is 5.55. The molecule has 0 aliphatic rings. The van der Waals surface area contributed by atoms with E-state index >= 15 is 0 Å². The lowest BCUT2D eigenvalue weighted by Crippen LogP contribution is -2.50. The Morgan fingerprint density at radius 1 is 0.900 bits per heavy atom. The molecule has 0 saturated carbocycles. The number of halogens is 1. The summed E-state index contributed by atoms with van der Waals surface area (Å²) in [7, 11) is -3.53. The van der Waals surface area contributed by atoms with Gasteiger partial charge >= 0.3 is 0 Å². The average Bonchev–Trinajstić information content (AvgIpc) is 2.93. The van der Waals surface area contributed by atoms with Gasteiger partial charge in [-0.3, -0.25) is 13.9 Å². The molecule has 214 valence electrons. The maximum absolute atomic E-state index is 13.8. The van der Waals surface area contributed by atoms with E-state index in [2.05, 4.69) is 28.2 Å². The van der Waals surface area contributed by atoms with E-state index in [1.54, 1.807) is 29.2 Å². The van der Waals surface area contributed by atoms with Crippen molar-refractivity contribution in [1.29, 1.82) is 0 Å². The third-order valence-electron chi connectivity index (χ3n) is 6.54. The van der Waals surface area contributed by atoms with Gasteiger partial charge in [-0.2, -0.15) is 0 Å². The smallest absolute Gasteiger partial charge is 0.243 e. The van der Waals surface area contributed by atoms with E-state index in [0.29, 0.717) is 25.1 Å². The van der Waals surface area contributed by atoms with E-state index in [0.717, 1.165) is 34.7 Å². The number of hydrogen-bond acceptors (Lipinski definition) is 4. The largest absolute Gasteiger partial charge is 0.354 e. The lowest BCUT2D eigenvalue weighted by atomic mass is 10.0.